The largest absolute Gasteiger partial charge is 0.321 e. The van der Waals surface area contributed by atoms with Crippen molar-refractivity contribution in [1.29, 1.82) is 0 Å². The molecule has 1 N–H and O–H groups in total. The molecule has 28 heavy (non-hydrogen) atoms. The van der Waals surface area contributed by atoms with Crippen LogP contribution in [0.1, 0.15) is 36.8 Å². The number of amides is 3. The Labute approximate surface area is 165 Å². The highest BCUT2D eigenvalue weighted by Gasteiger charge is 2.37. The van der Waals surface area contributed by atoms with E-state index in [1.54, 1.807) is 55.5 Å². The molecule has 0 saturated carbocycles. The Kier molecular flexibility index (Phi) is 4.41. The van der Waals surface area contributed by atoms with Crippen molar-refractivity contribution in [3.8, 4) is 0 Å². The zero-order valence-electron chi connectivity index (χ0n) is 14.8. The summed E-state index contributed by atoms with van der Waals surface area (Å²) in [5.41, 5.74) is 2.56. The van der Waals surface area contributed by atoms with Gasteiger partial charge in [-0.2, -0.15) is 0 Å². The first-order valence-corrected chi connectivity index (χ1v) is 8.85. The van der Waals surface area contributed by atoms with E-state index in [0.29, 0.717) is 33.2 Å². The van der Waals surface area contributed by atoms with E-state index >= 15 is 0 Å². The third-order valence-corrected chi connectivity index (χ3v) is 4.68. The maximum atomic E-state index is 12.7. The third kappa shape index (κ3) is 3.04. The van der Waals surface area contributed by atoms with Crippen molar-refractivity contribution in [2.75, 3.05) is 10.2 Å². The number of halogens is 1. The van der Waals surface area contributed by atoms with E-state index in [4.69, 9.17) is 11.6 Å². The number of imide groups is 1. The molecular weight excluding hydrogens is 378 g/mol. The first-order valence-electron chi connectivity index (χ1n) is 8.47. The third-order valence-electron chi connectivity index (χ3n) is 4.44. The Balaban J connectivity index is 1.61. The highest BCUT2D eigenvalue weighted by atomic mass is 35.5. The standard InChI is InChI=1S/C21H14ClN3O3/c1-12-10-14(24-19(26)17-4-2-3-9-23-17)6-8-18(12)25-20(27)15-7-5-13(22)11-16(15)21(25)28/h2-11H,1H3,(H,24,26). The van der Waals surface area contributed by atoms with Gasteiger partial charge in [0.1, 0.15) is 5.69 Å². The van der Waals surface area contributed by atoms with Gasteiger partial charge >= 0.3 is 0 Å². The predicted octanol–water partition coefficient (Wildman–Crippen LogP) is 4.10. The molecule has 7 heteroatoms. The van der Waals surface area contributed by atoms with Crippen molar-refractivity contribution < 1.29 is 14.4 Å². The average molecular weight is 392 g/mol. The van der Waals surface area contributed by atoms with Gasteiger partial charge in [0, 0.05) is 16.9 Å². The number of nitrogens with one attached hydrogen (secondary N) is 1. The number of nitrogens with zero attached hydrogens (tertiary/aromatic N) is 2. The van der Waals surface area contributed by atoms with Crippen LogP contribution in [0.25, 0.3) is 0 Å². The van der Waals surface area contributed by atoms with Crippen molar-refractivity contribution in [3.05, 3.63) is 88.2 Å². The first-order chi connectivity index (χ1) is 13.5. The SMILES string of the molecule is Cc1cc(NC(=O)c2ccccn2)ccc1N1C(=O)c2ccc(Cl)cc2C1=O. The Morgan fingerprint density at radius 1 is 1.00 bits per heavy atom. The van der Waals surface area contributed by atoms with E-state index in [-0.39, 0.29) is 11.5 Å². The van der Waals surface area contributed by atoms with E-state index in [1.807, 2.05) is 0 Å². The minimum atomic E-state index is -0.420. The van der Waals surface area contributed by atoms with Gasteiger partial charge in [0.2, 0.25) is 0 Å². The van der Waals surface area contributed by atoms with Crippen LogP contribution < -0.4 is 10.2 Å². The number of pyridine rings is 1. The summed E-state index contributed by atoms with van der Waals surface area (Å²) < 4.78 is 0. The molecule has 2 heterocycles. The number of aromatic nitrogens is 1. The molecule has 0 radical (unpaired) electrons. The van der Waals surface area contributed by atoms with Crippen LogP contribution in [0, 0.1) is 6.92 Å². The molecule has 1 aromatic heterocycles. The number of carbonyl (C=O) groups is 3. The van der Waals surface area contributed by atoms with E-state index in [0.717, 1.165) is 4.90 Å². The summed E-state index contributed by atoms with van der Waals surface area (Å²) in [4.78, 5) is 42.8. The van der Waals surface area contributed by atoms with E-state index in [2.05, 4.69) is 10.3 Å². The fraction of sp³-hybridized carbons (Fsp3) is 0.0476. The Morgan fingerprint density at radius 3 is 2.50 bits per heavy atom. The smallest absolute Gasteiger partial charge is 0.274 e. The van der Waals surface area contributed by atoms with Gasteiger partial charge in [-0.3, -0.25) is 19.4 Å². The molecule has 1 aliphatic heterocycles. The first kappa shape index (κ1) is 17.9. The Bertz CT molecular complexity index is 1130. The van der Waals surface area contributed by atoms with Crippen LogP contribution in [0.15, 0.2) is 60.8 Å². The van der Waals surface area contributed by atoms with Crippen LogP contribution in [-0.4, -0.2) is 22.7 Å². The van der Waals surface area contributed by atoms with Crippen LogP contribution in [0.3, 0.4) is 0 Å². The van der Waals surface area contributed by atoms with E-state index < -0.39 is 11.8 Å². The van der Waals surface area contributed by atoms with Crippen LogP contribution >= 0.6 is 11.6 Å². The molecule has 138 valence electrons. The van der Waals surface area contributed by atoms with Crippen molar-refractivity contribution in [2.24, 2.45) is 0 Å². The van der Waals surface area contributed by atoms with Crippen molar-refractivity contribution >= 4 is 40.7 Å². The molecule has 2 aromatic carbocycles. The highest BCUT2D eigenvalue weighted by molar-refractivity contribution is 6.37. The number of carbonyl (C=O) groups excluding carboxylic acids is 3. The normalized spacial score (nSPS) is 12.9. The monoisotopic (exact) mass is 391 g/mol. The van der Waals surface area contributed by atoms with Crippen LogP contribution in [-0.2, 0) is 0 Å². The van der Waals surface area contributed by atoms with Gasteiger partial charge in [0.15, 0.2) is 0 Å². The lowest BCUT2D eigenvalue weighted by Crippen LogP contribution is -2.30. The summed E-state index contributed by atoms with van der Waals surface area (Å²) in [6.07, 6.45) is 1.54. The molecule has 0 atom stereocenters. The summed E-state index contributed by atoms with van der Waals surface area (Å²) in [6, 6.07) is 14.7. The topological polar surface area (TPSA) is 79.4 Å². The van der Waals surface area contributed by atoms with Crippen molar-refractivity contribution in [2.45, 2.75) is 6.92 Å². The van der Waals surface area contributed by atoms with Gasteiger partial charge in [0.25, 0.3) is 17.7 Å². The number of rotatable bonds is 3. The Morgan fingerprint density at radius 2 is 1.79 bits per heavy atom. The number of hydrogen-bond donors (Lipinski definition) is 1. The molecule has 6 nitrogen and oxygen atoms in total. The van der Waals surface area contributed by atoms with Crippen molar-refractivity contribution in [1.82, 2.24) is 4.98 Å². The molecule has 4 rings (SSSR count). The lowest BCUT2D eigenvalue weighted by molar-refractivity contribution is 0.0924. The molecule has 0 aliphatic carbocycles. The molecule has 0 fully saturated rings. The van der Waals surface area contributed by atoms with Crippen LogP contribution in [0.5, 0.6) is 0 Å². The van der Waals surface area contributed by atoms with Gasteiger partial charge < -0.3 is 5.32 Å². The average Bonchev–Trinajstić information content (AvgIpc) is 2.93. The molecular formula is C21H14ClN3O3. The molecule has 1 aliphatic rings. The van der Waals surface area contributed by atoms with Crippen LogP contribution in [0.4, 0.5) is 11.4 Å². The molecule has 3 amide bonds. The second kappa shape index (κ2) is 6.90. The second-order valence-electron chi connectivity index (χ2n) is 6.31. The molecule has 0 bridgehead atoms. The second-order valence-corrected chi connectivity index (χ2v) is 6.74. The van der Waals surface area contributed by atoms with E-state index in [1.165, 1.54) is 12.3 Å². The van der Waals surface area contributed by atoms with Gasteiger partial charge in [-0.25, -0.2) is 4.90 Å². The quantitative estimate of drug-likeness (QED) is 0.682. The van der Waals surface area contributed by atoms with Crippen LogP contribution in [0.2, 0.25) is 5.02 Å². The lowest BCUT2D eigenvalue weighted by atomic mass is 10.1. The fourth-order valence-corrected chi connectivity index (χ4v) is 3.28. The minimum absolute atomic E-state index is 0.282. The summed E-state index contributed by atoms with van der Waals surface area (Å²) in [5, 5.41) is 3.15. The maximum absolute atomic E-state index is 12.7. The number of aryl methyl sites for hydroxylation is 1. The summed E-state index contributed by atoms with van der Waals surface area (Å²) in [7, 11) is 0. The number of hydrogen-bond acceptors (Lipinski definition) is 4. The van der Waals surface area contributed by atoms with Gasteiger partial charge in [-0.1, -0.05) is 17.7 Å². The van der Waals surface area contributed by atoms with E-state index in [9.17, 15) is 14.4 Å². The number of anilines is 2. The summed E-state index contributed by atoms with van der Waals surface area (Å²) >= 11 is 5.95. The predicted molar refractivity (Wildman–Crippen MR) is 106 cm³/mol. The minimum Gasteiger partial charge on any atom is -0.321 e. The molecule has 0 saturated heterocycles. The molecule has 0 spiro atoms. The maximum Gasteiger partial charge on any atom is 0.274 e. The number of fused-ring (bicyclic) bond motifs is 1. The van der Waals surface area contributed by atoms with Crippen molar-refractivity contribution in [3.63, 3.8) is 0 Å². The summed E-state index contributed by atoms with van der Waals surface area (Å²) in [5.74, 6) is -1.16. The molecule has 3 aromatic rings. The van der Waals surface area contributed by atoms with Gasteiger partial charge in [-0.05, 0) is 61.0 Å². The number of benzene rings is 2. The molecule has 0 unspecified atom stereocenters. The Hall–Kier alpha value is -3.51. The zero-order chi connectivity index (χ0) is 19.8. The lowest BCUT2D eigenvalue weighted by Gasteiger charge is -2.17. The zero-order valence-corrected chi connectivity index (χ0v) is 15.5. The van der Waals surface area contributed by atoms with Gasteiger partial charge in [0.05, 0.1) is 16.8 Å². The summed E-state index contributed by atoms with van der Waals surface area (Å²) in [6.45, 7) is 1.77. The van der Waals surface area contributed by atoms with Gasteiger partial charge in [-0.15, -0.1) is 0 Å². The fourth-order valence-electron chi connectivity index (χ4n) is 3.11. The highest BCUT2D eigenvalue weighted by Crippen LogP contribution is 2.33.